The number of hydrogen-bond donors (Lipinski definition) is 1. The molecule has 1 aromatic heterocycles. The Kier molecular flexibility index (Phi) is 5.77. The number of nitrogens with one attached hydrogen (secondary N) is 1. The lowest BCUT2D eigenvalue weighted by Crippen LogP contribution is -2.18. The van der Waals surface area contributed by atoms with Gasteiger partial charge in [0.1, 0.15) is 6.54 Å². The minimum absolute atomic E-state index is 0.00301. The van der Waals surface area contributed by atoms with Gasteiger partial charge in [-0.15, -0.1) is 0 Å². The summed E-state index contributed by atoms with van der Waals surface area (Å²) in [5, 5.41) is 4.18. The molecule has 0 aliphatic rings. The van der Waals surface area contributed by atoms with Crippen LogP contribution >= 0.6 is 0 Å². The van der Waals surface area contributed by atoms with Gasteiger partial charge in [-0.05, 0) is 65.6 Å². The normalized spacial score (nSPS) is 11.2. The van der Waals surface area contributed by atoms with Crippen molar-refractivity contribution in [1.82, 2.24) is 4.57 Å². The van der Waals surface area contributed by atoms with E-state index >= 15 is 0 Å². The summed E-state index contributed by atoms with van der Waals surface area (Å²) in [5.41, 5.74) is 4.60. The highest BCUT2D eigenvalue weighted by Gasteiger charge is 2.08. The Bertz CT molecular complexity index is 875. The summed E-state index contributed by atoms with van der Waals surface area (Å²) in [6.07, 6.45) is 5.48. The summed E-state index contributed by atoms with van der Waals surface area (Å²) in [7, 11) is 0. The van der Waals surface area contributed by atoms with Crippen LogP contribution in [-0.2, 0) is 17.8 Å². The highest BCUT2D eigenvalue weighted by molar-refractivity contribution is 5.92. The summed E-state index contributed by atoms with van der Waals surface area (Å²) in [6, 6.07) is 16.7. The Balaban J connectivity index is 1.65. The largest absolute Gasteiger partial charge is 0.338 e. The van der Waals surface area contributed by atoms with Crippen molar-refractivity contribution >= 4 is 22.5 Å². The van der Waals surface area contributed by atoms with Gasteiger partial charge in [0.25, 0.3) is 0 Å². The molecule has 136 valence electrons. The third kappa shape index (κ3) is 4.34. The van der Waals surface area contributed by atoms with Crippen LogP contribution in [0.3, 0.4) is 0 Å². The summed E-state index contributed by atoms with van der Waals surface area (Å²) >= 11 is 0. The number of unbranched alkanes of at least 4 members (excludes halogenated alkanes) is 1. The van der Waals surface area contributed by atoms with E-state index in [2.05, 4.69) is 62.5 Å². The number of aryl methyl sites for hydroxylation is 1. The van der Waals surface area contributed by atoms with Gasteiger partial charge in [-0.1, -0.05) is 45.4 Å². The maximum Gasteiger partial charge on any atom is 0.244 e. The number of carbonyl (C=O) groups excluding carboxylic acids is 1. The lowest BCUT2D eigenvalue weighted by molar-refractivity contribution is -0.116. The number of aromatic nitrogens is 1. The number of fused-ring (bicyclic) bond motifs is 1. The standard InChI is InChI=1S/C23H28N2O/c1-4-5-6-18-7-10-21(11-8-18)24-23(26)16-25-14-13-20-15-19(17(2)3)9-12-22(20)25/h7-15,17H,4-6,16H2,1-3H3,(H,24,26). The molecule has 0 spiro atoms. The fraction of sp³-hybridized carbons (Fsp3) is 0.348. The van der Waals surface area contributed by atoms with Crippen molar-refractivity contribution in [3.05, 3.63) is 65.9 Å². The van der Waals surface area contributed by atoms with E-state index in [1.165, 1.54) is 29.4 Å². The maximum absolute atomic E-state index is 12.4. The molecule has 0 saturated carbocycles. The topological polar surface area (TPSA) is 34.0 Å². The first-order valence-corrected chi connectivity index (χ1v) is 9.54. The van der Waals surface area contributed by atoms with Gasteiger partial charge in [-0.3, -0.25) is 4.79 Å². The Morgan fingerprint density at radius 3 is 2.54 bits per heavy atom. The molecule has 0 aliphatic carbocycles. The third-order valence-electron chi connectivity index (χ3n) is 4.83. The molecule has 26 heavy (non-hydrogen) atoms. The fourth-order valence-electron chi connectivity index (χ4n) is 3.21. The van der Waals surface area contributed by atoms with E-state index in [4.69, 9.17) is 0 Å². The molecule has 3 rings (SSSR count). The Labute approximate surface area is 156 Å². The molecule has 3 nitrogen and oxygen atoms in total. The molecule has 2 aromatic carbocycles. The smallest absolute Gasteiger partial charge is 0.244 e. The second-order valence-corrected chi connectivity index (χ2v) is 7.27. The minimum atomic E-state index is -0.00301. The number of benzene rings is 2. The van der Waals surface area contributed by atoms with Crippen LogP contribution < -0.4 is 5.32 Å². The second-order valence-electron chi connectivity index (χ2n) is 7.27. The number of carbonyl (C=O) groups is 1. The molecular formula is C23H28N2O. The van der Waals surface area contributed by atoms with Crippen molar-refractivity contribution in [3.8, 4) is 0 Å². The number of amides is 1. The molecule has 1 N–H and O–H groups in total. The van der Waals surface area contributed by atoms with E-state index < -0.39 is 0 Å². The molecule has 0 fully saturated rings. The Morgan fingerprint density at radius 1 is 1.08 bits per heavy atom. The van der Waals surface area contributed by atoms with Crippen LogP contribution in [-0.4, -0.2) is 10.5 Å². The summed E-state index contributed by atoms with van der Waals surface area (Å²) in [6.45, 7) is 6.91. The molecule has 1 heterocycles. The first-order chi connectivity index (χ1) is 12.6. The van der Waals surface area contributed by atoms with Gasteiger partial charge in [-0.2, -0.15) is 0 Å². The molecule has 1 amide bonds. The third-order valence-corrected chi connectivity index (χ3v) is 4.83. The zero-order chi connectivity index (χ0) is 18.5. The maximum atomic E-state index is 12.4. The number of hydrogen-bond acceptors (Lipinski definition) is 1. The molecule has 3 aromatic rings. The van der Waals surface area contributed by atoms with E-state index in [0.29, 0.717) is 12.5 Å². The van der Waals surface area contributed by atoms with E-state index in [-0.39, 0.29) is 5.91 Å². The molecule has 0 unspecified atom stereocenters. The Hall–Kier alpha value is -2.55. The zero-order valence-corrected chi connectivity index (χ0v) is 16.0. The van der Waals surface area contributed by atoms with Crippen molar-refractivity contribution in [2.45, 2.75) is 52.5 Å². The summed E-state index contributed by atoms with van der Waals surface area (Å²) < 4.78 is 2.00. The highest BCUT2D eigenvalue weighted by atomic mass is 16.1. The summed E-state index contributed by atoms with van der Waals surface area (Å²) in [4.78, 5) is 12.4. The number of rotatable bonds is 7. The van der Waals surface area contributed by atoms with Gasteiger partial charge in [0, 0.05) is 17.4 Å². The van der Waals surface area contributed by atoms with Crippen LogP contribution in [0.2, 0.25) is 0 Å². The zero-order valence-electron chi connectivity index (χ0n) is 16.0. The van der Waals surface area contributed by atoms with E-state index in [0.717, 1.165) is 17.6 Å². The predicted octanol–water partition coefficient (Wildman–Crippen LogP) is 5.75. The van der Waals surface area contributed by atoms with Gasteiger partial charge >= 0.3 is 0 Å². The molecule has 0 aliphatic heterocycles. The van der Waals surface area contributed by atoms with Crippen molar-refractivity contribution < 1.29 is 4.79 Å². The van der Waals surface area contributed by atoms with E-state index in [9.17, 15) is 4.79 Å². The monoisotopic (exact) mass is 348 g/mol. The van der Waals surface area contributed by atoms with Crippen molar-refractivity contribution in [3.63, 3.8) is 0 Å². The van der Waals surface area contributed by atoms with E-state index in [1.54, 1.807) is 0 Å². The van der Waals surface area contributed by atoms with Crippen LogP contribution in [0.5, 0.6) is 0 Å². The fourth-order valence-corrected chi connectivity index (χ4v) is 3.21. The van der Waals surface area contributed by atoms with E-state index in [1.807, 2.05) is 22.9 Å². The van der Waals surface area contributed by atoms with Crippen LogP contribution in [0.15, 0.2) is 54.7 Å². The predicted molar refractivity (Wildman–Crippen MR) is 110 cm³/mol. The molecule has 0 bridgehead atoms. The average Bonchev–Trinajstić information content (AvgIpc) is 3.03. The van der Waals surface area contributed by atoms with Gasteiger partial charge in [0.05, 0.1) is 0 Å². The van der Waals surface area contributed by atoms with Gasteiger partial charge in [-0.25, -0.2) is 0 Å². The second kappa shape index (κ2) is 8.22. The number of anilines is 1. The SMILES string of the molecule is CCCCc1ccc(NC(=O)Cn2ccc3cc(C(C)C)ccc32)cc1. The van der Waals surface area contributed by atoms with Crippen molar-refractivity contribution in [2.75, 3.05) is 5.32 Å². The number of nitrogens with zero attached hydrogens (tertiary/aromatic N) is 1. The summed E-state index contributed by atoms with van der Waals surface area (Å²) in [5.74, 6) is 0.503. The molecule has 0 atom stereocenters. The average molecular weight is 348 g/mol. The quantitative estimate of drug-likeness (QED) is 0.580. The molecule has 3 heteroatoms. The molecule has 0 saturated heterocycles. The van der Waals surface area contributed by atoms with Gasteiger partial charge in [0.15, 0.2) is 0 Å². The van der Waals surface area contributed by atoms with Crippen LogP contribution in [0.4, 0.5) is 5.69 Å². The Morgan fingerprint density at radius 2 is 1.85 bits per heavy atom. The van der Waals surface area contributed by atoms with Crippen LogP contribution in [0.1, 0.15) is 50.7 Å². The first-order valence-electron chi connectivity index (χ1n) is 9.54. The lowest BCUT2D eigenvalue weighted by Gasteiger charge is -2.09. The molecular weight excluding hydrogens is 320 g/mol. The van der Waals surface area contributed by atoms with Gasteiger partial charge < -0.3 is 9.88 Å². The van der Waals surface area contributed by atoms with Crippen LogP contribution in [0, 0.1) is 0 Å². The van der Waals surface area contributed by atoms with Crippen LogP contribution in [0.25, 0.3) is 10.9 Å². The highest BCUT2D eigenvalue weighted by Crippen LogP contribution is 2.22. The van der Waals surface area contributed by atoms with Crippen molar-refractivity contribution in [1.29, 1.82) is 0 Å². The molecule has 0 radical (unpaired) electrons. The van der Waals surface area contributed by atoms with Crippen molar-refractivity contribution in [2.24, 2.45) is 0 Å². The minimum Gasteiger partial charge on any atom is -0.338 e. The van der Waals surface area contributed by atoms with Gasteiger partial charge in [0.2, 0.25) is 5.91 Å². The first kappa shape index (κ1) is 18.2. The lowest BCUT2D eigenvalue weighted by atomic mass is 10.0.